The van der Waals surface area contributed by atoms with Crippen LogP contribution in [-0.2, 0) is 0 Å². The van der Waals surface area contributed by atoms with E-state index in [-0.39, 0.29) is 17.2 Å². The monoisotopic (exact) mass is 259 g/mol. The van der Waals surface area contributed by atoms with Gasteiger partial charge in [0.1, 0.15) is 11.1 Å². The maximum atomic E-state index is 12.1. The second kappa shape index (κ2) is 4.69. The number of nitro groups is 1. The first-order chi connectivity index (χ1) is 8.98. The standard InChI is InChI=1S/C13H13N3O3/c1-13(8-14,9-6-7-9)15-12(17)10-4-2-3-5-11(10)16(18)19/h2-5,9H,6-7H2,1H3,(H,15,17). The third-order valence-corrected chi connectivity index (χ3v) is 3.34. The summed E-state index contributed by atoms with van der Waals surface area (Å²) in [5, 5.41) is 22.7. The zero-order valence-electron chi connectivity index (χ0n) is 10.4. The number of amides is 1. The molecule has 6 nitrogen and oxygen atoms in total. The summed E-state index contributed by atoms with van der Waals surface area (Å²) >= 11 is 0. The van der Waals surface area contributed by atoms with Gasteiger partial charge in [0.15, 0.2) is 0 Å². The van der Waals surface area contributed by atoms with Crippen molar-refractivity contribution in [3.05, 3.63) is 39.9 Å². The van der Waals surface area contributed by atoms with E-state index in [0.29, 0.717) is 0 Å². The molecule has 0 aliphatic heterocycles. The predicted octanol–water partition coefficient (Wildman–Crippen LogP) is 2.02. The van der Waals surface area contributed by atoms with Crippen molar-refractivity contribution in [3.8, 4) is 6.07 Å². The number of benzene rings is 1. The molecule has 1 unspecified atom stereocenters. The van der Waals surface area contributed by atoms with Crippen LogP contribution in [0.1, 0.15) is 30.1 Å². The lowest BCUT2D eigenvalue weighted by atomic mass is 9.97. The molecule has 98 valence electrons. The number of nitro benzene ring substituents is 1. The van der Waals surface area contributed by atoms with Gasteiger partial charge in [-0.05, 0) is 31.7 Å². The van der Waals surface area contributed by atoms with Gasteiger partial charge in [-0.25, -0.2) is 0 Å². The number of rotatable bonds is 4. The third kappa shape index (κ3) is 2.55. The Bertz CT molecular complexity index is 575. The van der Waals surface area contributed by atoms with Gasteiger partial charge in [0.25, 0.3) is 11.6 Å². The van der Waals surface area contributed by atoms with Gasteiger partial charge in [-0.2, -0.15) is 5.26 Å². The number of para-hydroxylation sites is 1. The van der Waals surface area contributed by atoms with E-state index >= 15 is 0 Å². The predicted molar refractivity (Wildman–Crippen MR) is 67.3 cm³/mol. The summed E-state index contributed by atoms with van der Waals surface area (Å²) in [6, 6.07) is 7.81. The van der Waals surface area contributed by atoms with Crippen molar-refractivity contribution in [3.63, 3.8) is 0 Å². The van der Waals surface area contributed by atoms with Gasteiger partial charge in [0, 0.05) is 6.07 Å². The van der Waals surface area contributed by atoms with Crippen molar-refractivity contribution in [2.24, 2.45) is 5.92 Å². The molecular weight excluding hydrogens is 246 g/mol. The third-order valence-electron chi connectivity index (χ3n) is 3.34. The van der Waals surface area contributed by atoms with Crippen molar-refractivity contribution in [2.45, 2.75) is 25.3 Å². The topological polar surface area (TPSA) is 96.0 Å². The van der Waals surface area contributed by atoms with E-state index in [9.17, 15) is 20.2 Å². The molecule has 19 heavy (non-hydrogen) atoms. The molecule has 1 atom stereocenters. The minimum Gasteiger partial charge on any atom is -0.333 e. The molecule has 1 N–H and O–H groups in total. The summed E-state index contributed by atoms with van der Waals surface area (Å²) in [5.74, 6) is -0.451. The Kier molecular flexibility index (Phi) is 3.21. The molecule has 1 aliphatic rings. The molecule has 2 rings (SSSR count). The van der Waals surface area contributed by atoms with Crippen LogP contribution in [0.5, 0.6) is 0 Å². The lowest BCUT2D eigenvalue weighted by Gasteiger charge is -2.22. The second-order valence-electron chi connectivity index (χ2n) is 4.82. The van der Waals surface area contributed by atoms with Crippen LogP contribution < -0.4 is 5.32 Å². The zero-order chi connectivity index (χ0) is 14.0. The summed E-state index contributed by atoms with van der Waals surface area (Å²) in [6.07, 6.45) is 1.78. The normalized spacial score (nSPS) is 17.1. The highest BCUT2D eigenvalue weighted by atomic mass is 16.6. The fraction of sp³-hybridized carbons (Fsp3) is 0.385. The van der Waals surface area contributed by atoms with Crippen LogP contribution >= 0.6 is 0 Å². The summed E-state index contributed by atoms with van der Waals surface area (Å²) < 4.78 is 0. The Hall–Kier alpha value is -2.42. The summed E-state index contributed by atoms with van der Waals surface area (Å²) in [6.45, 7) is 1.65. The number of nitriles is 1. The minimum atomic E-state index is -0.958. The molecule has 1 aromatic carbocycles. The fourth-order valence-corrected chi connectivity index (χ4v) is 2.01. The number of carbonyl (C=O) groups is 1. The molecule has 6 heteroatoms. The summed E-state index contributed by atoms with van der Waals surface area (Å²) in [4.78, 5) is 22.4. The lowest BCUT2D eigenvalue weighted by molar-refractivity contribution is -0.385. The highest BCUT2D eigenvalue weighted by molar-refractivity contribution is 5.98. The smallest absolute Gasteiger partial charge is 0.282 e. The maximum absolute atomic E-state index is 12.1. The van der Waals surface area contributed by atoms with E-state index in [1.807, 2.05) is 0 Å². The molecule has 1 amide bonds. The molecule has 1 aromatic rings. The van der Waals surface area contributed by atoms with Crippen LogP contribution in [0.25, 0.3) is 0 Å². The Balaban J connectivity index is 2.26. The summed E-state index contributed by atoms with van der Waals surface area (Å²) in [5.41, 5.74) is -1.23. The van der Waals surface area contributed by atoms with Gasteiger partial charge in [0.05, 0.1) is 11.0 Å². The van der Waals surface area contributed by atoms with E-state index in [4.69, 9.17) is 0 Å². The number of nitrogens with zero attached hydrogens (tertiary/aromatic N) is 2. The van der Waals surface area contributed by atoms with Crippen LogP contribution in [0, 0.1) is 27.4 Å². The molecule has 0 radical (unpaired) electrons. The largest absolute Gasteiger partial charge is 0.333 e. The van der Waals surface area contributed by atoms with E-state index in [0.717, 1.165) is 12.8 Å². The average molecular weight is 259 g/mol. The van der Waals surface area contributed by atoms with Gasteiger partial charge in [-0.15, -0.1) is 0 Å². The van der Waals surface area contributed by atoms with Crippen molar-refractivity contribution in [1.82, 2.24) is 5.32 Å². The Morgan fingerprint density at radius 1 is 1.53 bits per heavy atom. The molecule has 0 aromatic heterocycles. The first-order valence-corrected chi connectivity index (χ1v) is 5.95. The highest BCUT2D eigenvalue weighted by Crippen LogP contribution is 2.39. The summed E-state index contributed by atoms with van der Waals surface area (Å²) in [7, 11) is 0. The van der Waals surface area contributed by atoms with E-state index in [1.165, 1.54) is 18.2 Å². The van der Waals surface area contributed by atoms with Crippen LogP contribution in [0.2, 0.25) is 0 Å². The zero-order valence-corrected chi connectivity index (χ0v) is 10.4. The van der Waals surface area contributed by atoms with Crippen LogP contribution in [0.15, 0.2) is 24.3 Å². The molecule has 1 fully saturated rings. The first kappa shape index (κ1) is 13.0. The Morgan fingerprint density at radius 2 is 2.16 bits per heavy atom. The molecule has 1 aliphatic carbocycles. The Labute approximate surface area is 110 Å². The van der Waals surface area contributed by atoms with E-state index < -0.39 is 16.4 Å². The SMILES string of the molecule is CC(C#N)(NC(=O)c1ccccc1[N+](=O)[O-])C1CC1. The highest BCUT2D eigenvalue weighted by Gasteiger charge is 2.43. The van der Waals surface area contributed by atoms with E-state index in [1.54, 1.807) is 13.0 Å². The van der Waals surface area contributed by atoms with Crippen molar-refractivity contribution >= 4 is 11.6 Å². The Morgan fingerprint density at radius 3 is 2.68 bits per heavy atom. The average Bonchev–Trinajstić information content (AvgIpc) is 3.23. The molecule has 0 spiro atoms. The number of carbonyl (C=O) groups excluding carboxylic acids is 1. The fourth-order valence-electron chi connectivity index (χ4n) is 2.01. The van der Waals surface area contributed by atoms with Gasteiger partial charge >= 0.3 is 0 Å². The van der Waals surface area contributed by atoms with Gasteiger partial charge in [-0.1, -0.05) is 12.1 Å². The number of nitrogens with one attached hydrogen (secondary N) is 1. The van der Waals surface area contributed by atoms with Crippen LogP contribution in [0.4, 0.5) is 5.69 Å². The quantitative estimate of drug-likeness (QED) is 0.660. The molecular formula is C13H13N3O3. The molecule has 0 heterocycles. The first-order valence-electron chi connectivity index (χ1n) is 5.95. The van der Waals surface area contributed by atoms with Gasteiger partial charge in [0.2, 0.25) is 0 Å². The van der Waals surface area contributed by atoms with Crippen molar-refractivity contribution in [1.29, 1.82) is 5.26 Å². The van der Waals surface area contributed by atoms with Crippen molar-refractivity contribution < 1.29 is 9.72 Å². The van der Waals surface area contributed by atoms with Crippen LogP contribution in [0.3, 0.4) is 0 Å². The molecule has 0 saturated heterocycles. The minimum absolute atomic E-state index is 0.0189. The lowest BCUT2D eigenvalue weighted by Crippen LogP contribution is -2.46. The molecule has 1 saturated carbocycles. The van der Waals surface area contributed by atoms with Gasteiger partial charge in [-0.3, -0.25) is 14.9 Å². The van der Waals surface area contributed by atoms with Crippen molar-refractivity contribution in [2.75, 3.05) is 0 Å². The van der Waals surface area contributed by atoms with Crippen LogP contribution in [-0.4, -0.2) is 16.4 Å². The van der Waals surface area contributed by atoms with E-state index in [2.05, 4.69) is 11.4 Å². The maximum Gasteiger partial charge on any atom is 0.282 e. The molecule has 0 bridgehead atoms. The second-order valence-corrected chi connectivity index (χ2v) is 4.82. The number of hydrogen-bond donors (Lipinski definition) is 1. The number of hydrogen-bond acceptors (Lipinski definition) is 4. The van der Waals surface area contributed by atoms with Gasteiger partial charge < -0.3 is 5.32 Å².